The van der Waals surface area contributed by atoms with E-state index in [4.69, 9.17) is 5.26 Å². The molecular weight excluding hydrogens is 174 g/mol. The molecule has 1 fully saturated rings. The molecular formula is C11H13N3. The van der Waals surface area contributed by atoms with E-state index in [9.17, 15) is 0 Å². The Morgan fingerprint density at radius 3 is 2.71 bits per heavy atom. The van der Waals surface area contributed by atoms with Gasteiger partial charge in [-0.05, 0) is 31.9 Å². The second kappa shape index (κ2) is 3.67. The fourth-order valence-corrected chi connectivity index (χ4v) is 1.80. The molecule has 0 N–H and O–H groups in total. The molecule has 3 nitrogen and oxygen atoms in total. The van der Waals surface area contributed by atoms with Gasteiger partial charge in [-0.25, -0.2) is 4.98 Å². The van der Waals surface area contributed by atoms with Crippen LogP contribution >= 0.6 is 0 Å². The molecule has 1 aromatic rings. The van der Waals surface area contributed by atoms with Crippen LogP contribution in [0, 0.1) is 18.3 Å². The number of anilines is 1. The fraction of sp³-hybridized carbons (Fsp3) is 0.455. The molecule has 2 heterocycles. The molecule has 0 radical (unpaired) electrons. The lowest BCUT2D eigenvalue weighted by Gasteiger charge is -2.17. The number of pyridine rings is 1. The molecule has 1 aliphatic rings. The molecule has 0 aliphatic carbocycles. The molecule has 0 saturated carbocycles. The van der Waals surface area contributed by atoms with Gasteiger partial charge in [-0.1, -0.05) is 0 Å². The van der Waals surface area contributed by atoms with Crippen LogP contribution in [0.5, 0.6) is 0 Å². The van der Waals surface area contributed by atoms with Crippen LogP contribution in [0.4, 0.5) is 5.82 Å². The maximum Gasteiger partial charge on any atom is 0.146 e. The molecule has 0 amide bonds. The molecule has 3 heteroatoms. The molecule has 2 rings (SSSR count). The van der Waals surface area contributed by atoms with Crippen molar-refractivity contribution in [1.29, 1.82) is 5.26 Å². The summed E-state index contributed by atoms with van der Waals surface area (Å²) in [5.74, 6) is 0.866. The summed E-state index contributed by atoms with van der Waals surface area (Å²) in [7, 11) is 0. The Kier molecular flexibility index (Phi) is 2.36. The lowest BCUT2D eigenvalue weighted by Crippen LogP contribution is -2.20. The third-order valence-electron chi connectivity index (χ3n) is 2.54. The highest BCUT2D eigenvalue weighted by Gasteiger charge is 2.16. The van der Waals surface area contributed by atoms with Crippen molar-refractivity contribution in [2.75, 3.05) is 18.0 Å². The predicted molar refractivity (Wildman–Crippen MR) is 55.1 cm³/mol. The summed E-state index contributed by atoms with van der Waals surface area (Å²) in [4.78, 5) is 6.63. The van der Waals surface area contributed by atoms with Gasteiger partial charge < -0.3 is 4.90 Å². The second-order valence-corrected chi connectivity index (χ2v) is 3.63. The Morgan fingerprint density at radius 2 is 2.07 bits per heavy atom. The Morgan fingerprint density at radius 1 is 1.36 bits per heavy atom. The minimum Gasteiger partial charge on any atom is -0.356 e. The Balaban J connectivity index is 2.39. The van der Waals surface area contributed by atoms with E-state index in [1.165, 1.54) is 12.8 Å². The first-order valence-corrected chi connectivity index (χ1v) is 4.94. The van der Waals surface area contributed by atoms with Crippen LogP contribution in [0.25, 0.3) is 0 Å². The average molecular weight is 187 g/mol. The number of aromatic nitrogens is 1. The van der Waals surface area contributed by atoms with Crippen LogP contribution in [-0.4, -0.2) is 18.1 Å². The number of nitrogens with zero attached hydrogens (tertiary/aromatic N) is 3. The van der Waals surface area contributed by atoms with Crippen molar-refractivity contribution in [2.45, 2.75) is 19.8 Å². The van der Waals surface area contributed by atoms with Gasteiger partial charge in [0.2, 0.25) is 0 Å². The quantitative estimate of drug-likeness (QED) is 0.673. The normalized spacial score (nSPS) is 15.6. The first kappa shape index (κ1) is 9.01. The van der Waals surface area contributed by atoms with E-state index < -0.39 is 0 Å². The highest BCUT2D eigenvalue weighted by molar-refractivity contribution is 5.54. The molecule has 0 aromatic carbocycles. The van der Waals surface area contributed by atoms with E-state index >= 15 is 0 Å². The van der Waals surface area contributed by atoms with Crippen LogP contribution in [0.15, 0.2) is 12.1 Å². The molecule has 72 valence electrons. The number of rotatable bonds is 1. The van der Waals surface area contributed by atoms with Crippen molar-refractivity contribution in [2.24, 2.45) is 0 Å². The summed E-state index contributed by atoms with van der Waals surface area (Å²) >= 11 is 0. The number of nitriles is 1. The number of hydrogen-bond acceptors (Lipinski definition) is 3. The van der Waals surface area contributed by atoms with Crippen molar-refractivity contribution in [3.05, 3.63) is 23.4 Å². The van der Waals surface area contributed by atoms with Crippen molar-refractivity contribution in [3.63, 3.8) is 0 Å². The van der Waals surface area contributed by atoms with E-state index in [2.05, 4.69) is 16.0 Å². The van der Waals surface area contributed by atoms with E-state index in [1.54, 1.807) is 0 Å². The molecule has 0 bridgehead atoms. The summed E-state index contributed by atoms with van der Waals surface area (Å²) in [6, 6.07) is 5.94. The minimum absolute atomic E-state index is 0.692. The second-order valence-electron chi connectivity index (χ2n) is 3.63. The van der Waals surface area contributed by atoms with E-state index in [1.807, 2.05) is 19.1 Å². The lowest BCUT2D eigenvalue weighted by molar-refractivity contribution is 0.925. The molecule has 1 saturated heterocycles. The lowest BCUT2D eigenvalue weighted by atomic mass is 10.2. The third-order valence-corrected chi connectivity index (χ3v) is 2.54. The standard InChI is InChI=1S/C11H13N3/c1-9-4-5-10(8-12)11(13-9)14-6-2-3-7-14/h4-5H,2-3,6-7H2,1H3. The SMILES string of the molecule is Cc1ccc(C#N)c(N2CCCC2)n1. The Labute approximate surface area is 84.0 Å². The maximum atomic E-state index is 8.95. The molecule has 0 unspecified atom stereocenters. The Bertz CT molecular complexity index is 373. The highest BCUT2D eigenvalue weighted by Crippen LogP contribution is 2.21. The zero-order valence-corrected chi connectivity index (χ0v) is 8.32. The largest absolute Gasteiger partial charge is 0.356 e. The number of aryl methyl sites for hydroxylation is 1. The molecule has 1 aromatic heterocycles. The zero-order chi connectivity index (χ0) is 9.97. The summed E-state index contributed by atoms with van der Waals surface area (Å²) in [6.07, 6.45) is 2.42. The predicted octanol–water partition coefficient (Wildman–Crippen LogP) is 1.86. The van der Waals surface area contributed by atoms with Gasteiger partial charge in [0.05, 0.1) is 5.56 Å². The summed E-state index contributed by atoms with van der Waals surface area (Å²) in [5.41, 5.74) is 1.67. The average Bonchev–Trinajstić information content (AvgIpc) is 2.70. The van der Waals surface area contributed by atoms with Gasteiger partial charge in [0, 0.05) is 18.8 Å². The van der Waals surface area contributed by atoms with Gasteiger partial charge in [0.15, 0.2) is 0 Å². The molecule has 0 spiro atoms. The van der Waals surface area contributed by atoms with Crippen LogP contribution in [0.1, 0.15) is 24.1 Å². The minimum atomic E-state index is 0.692. The van der Waals surface area contributed by atoms with Crippen LogP contribution in [0.2, 0.25) is 0 Å². The van der Waals surface area contributed by atoms with Gasteiger partial charge in [0.1, 0.15) is 11.9 Å². The smallest absolute Gasteiger partial charge is 0.146 e. The summed E-state index contributed by atoms with van der Waals surface area (Å²) in [6.45, 7) is 4.02. The summed E-state index contributed by atoms with van der Waals surface area (Å²) in [5, 5.41) is 8.95. The first-order chi connectivity index (χ1) is 6.81. The van der Waals surface area contributed by atoms with Gasteiger partial charge in [0.25, 0.3) is 0 Å². The third kappa shape index (κ3) is 1.56. The molecule has 1 aliphatic heterocycles. The van der Waals surface area contributed by atoms with Gasteiger partial charge in [-0.3, -0.25) is 0 Å². The molecule has 14 heavy (non-hydrogen) atoms. The van der Waals surface area contributed by atoms with Crippen LogP contribution in [0.3, 0.4) is 0 Å². The van der Waals surface area contributed by atoms with Gasteiger partial charge in [-0.2, -0.15) is 5.26 Å². The van der Waals surface area contributed by atoms with E-state index in [-0.39, 0.29) is 0 Å². The van der Waals surface area contributed by atoms with E-state index in [0.29, 0.717) is 5.56 Å². The topological polar surface area (TPSA) is 39.9 Å². The first-order valence-electron chi connectivity index (χ1n) is 4.94. The Hall–Kier alpha value is -1.56. The molecule has 0 atom stereocenters. The fourth-order valence-electron chi connectivity index (χ4n) is 1.80. The van der Waals surface area contributed by atoms with Gasteiger partial charge >= 0.3 is 0 Å². The zero-order valence-electron chi connectivity index (χ0n) is 8.32. The maximum absolute atomic E-state index is 8.95. The van der Waals surface area contributed by atoms with Gasteiger partial charge in [-0.15, -0.1) is 0 Å². The van der Waals surface area contributed by atoms with Crippen LogP contribution < -0.4 is 4.90 Å². The number of hydrogen-bond donors (Lipinski definition) is 0. The van der Waals surface area contributed by atoms with Crippen LogP contribution in [-0.2, 0) is 0 Å². The van der Waals surface area contributed by atoms with Crippen molar-refractivity contribution in [1.82, 2.24) is 4.98 Å². The summed E-state index contributed by atoms with van der Waals surface area (Å²) < 4.78 is 0. The van der Waals surface area contributed by atoms with Crippen molar-refractivity contribution in [3.8, 4) is 6.07 Å². The highest BCUT2D eigenvalue weighted by atomic mass is 15.2. The van der Waals surface area contributed by atoms with Crippen molar-refractivity contribution < 1.29 is 0 Å². The van der Waals surface area contributed by atoms with Crippen molar-refractivity contribution >= 4 is 5.82 Å². The van der Waals surface area contributed by atoms with E-state index in [0.717, 1.165) is 24.6 Å². The monoisotopic (exact) mass is 187 g/mol.